The van der Waals surface area contributed by atoms with Gasteiger partial charge in [-0.15, -0.1) is 0 Å². The van der Waals surface area contributed by atoms with Gasteiger partial charge in [0.15, 0.2) is 0 Å². The molecule has 100 valence electrons. The van der Waals surface area contributed by atoms with Crippen molar-refractivity contribution in [2.75, 3.05) is 20.2 Å². The Morgan fingerprint density at radius 1 is 1.50 bits per heavy atom. The lowest BCUT2D eigenvalue weighted by Crippen LogP contribution is -2.28. The fourth-order valence-corrected chi connectivity index (χ4v) is 2.01. The van der Waals surface area contributed by atoms with Crippen LogP contribution in [0.1, 0.15) is 24.9 Å². The number of benzene rings is 1. The van der Waals surface area contributed by atoms with Crippen molar-refractivity contribution in [3.8, 4) is 5.75 Å². The third-order valence-corrected chi connectivity index (χ3v) is 3.05. The average molecular weight is 269 g/mol. The first-order valence-corrected chi connectivity index (χ1v) is 6.48. The fourth-order valence-electron chi connectivity index (χ4n) is 1.74. The van der Waals surface area contributed by atoms with E-state index in [4.69, 9.17) is 22.1 Å². The van der Waals surface area contributed by atoms with Crippen LogP contribution in [0, 0.1) is 0 Å². The van der Waals surface area contributed by atoms with E-state index in [1.165, 1.54) is 0 Å². The minimum Gasteiger partial charge on any atom is -0.495 e. The Bertz CT molecular complexity index is 393. The highest BCUT2D eigenvalue weighted by Gasteiger charge is 2.10. The van der Waals surface area contributed by atoms with Gasteiger partial charge in [0.25, 0.3) is 0 Å². The molecule has 0 aliphatic rings. The van der Waals surface area contributed by atoms with Crippen LogP contribution in [0.3, 0.4) is 0 Å². The molecule has 1 unspecified atom stereocenters. The maximum atomic E-state index is 6.11. The van der Waals surface area contributed by atoms with Gasteiger partial charge in [-0.1, -0.05) is 29.8 Å². The fraction of sp³-hybridized carbons (Fsp3) is 0.429. The zero-order chi connectivity index (χ0) is 13.4. The summed E-state index contributed by atoms with van der Waals surface area (Å²) in [7, 11) is 1.61. The molecule has 0 aromatic heterocycles. The van der Waals surface area contributed by atoms with Crippen LogP contribution in [0.25, 0.3) is 0 Å². The first kappa shape index (κ1) is 15.0. The molecule has 3 N–H and O–H groups in total. The Morgan fingerprint density at radius 2 is 2.28 bits per heavy atom. The van der Waals surface area contributed by atoms with Crippen molar-refractivity contribution in [3.63, 3.8) is 0 Å². The highest BCUT2D eigenvalue weighted by atomic mass is 35.5. The molecule has 1 aromatic rings. The van der Waals surface area contributed by atoms with Gasteiger partial charge in [-0.2, -0.15) is 0 Å². The molecule has 0 aliphatic heterocycles. The van der Waals surface area contributed by atoms with E-state index >= 15 is 0 Å². The van der Waals surface area contributed by atoms with Crippen LogP contribution in [0.4, 0.5) is 0 Å². The van der Waals surface area contributed by atoms with Gasteiger partial charge in [-0.25, -0.2) is 0 Å². The number of methoxy groups -OCH3 is 1. The van der Waals surface area contributed by atoms with Gasteiger partial charge < -0.3 is 15.8 Å². The molecule has 1 aromatic carbocycles. The second-order valence-electron chi connectivity index (χ2n) is 3.99. The van der Waals surface area contributed by atoms with Crippen LogP contribution in [0.2, 0.25) is 5.02 Å². The molecule has 0 saturated heterocycles. The molecule has 0 amide bonds. The lowest BCUT2D eigenvalue weighted by Gasteiger charge is -2.17. The number of nitrogens with two attached hydrogens (primary N) is 1. The van der Waals surface area contributed by atoms with E-state index in [1.54, 1.807) is 7.11 Å². The summed E-state index contributed by atoms with van der Waals surface area (Å²) in [4.78, 5) is 0. The second kappa shape index (κ2) is 8.14. The normalized spacial score (nSPS) is 12.9. The predicted octanol–water partition coefficient (Wildman–Crippen LogP) is 2.90. The maximum absolute atomic E-state index is 6.11. The van der Waals surface area contributed by atoms with Gasteiger partial charge in [-0.05, 0) is 37.6 Å². The van der Waals surface area contributed by atoms with Gasteiger partial charge in [0.2, 0.25) is 0 Å². The van der Waals surface area contributed by atoms with Crippen LogP contribution in [0.5, 0.6) is 5.75 Å². The quantitative estimate of drug-likeness (QED) is 0.590. The standard InChI is InChI=1S/C14H21ClN2O/c1-3-4-5-8-17-13(10-16)11-6-7-14(18-2)12(15)9-11/h3-4,6-7,9,13,17H,5,8,10,16H2,1-2H3/b4-3+. The van der Waals surface area contributed by atoms with Crippen molar-refractivity contribution >= 4 is 11.6 Å². The Kier molecular flexibility index (Phi) is 6.80. The molecule has 0 aliphatic carbocycles. The van der Waals surface area contributed by atoms with Crippen molar-refractivity contribution < 1.29 is 4.74 Å². The van der Waals surface area contributed by atoms with Gasteiger partial charge in [-0.3, -0.25) is 0 Å². The number of nitrogens with one attached hydrogen (secondary N) is 1. The molecule has 0 heterocycles. The van der Waals surface area contributed by atoms with Gasteiger partial charge in [0.05, 0.1) is 12.1 Å². The molecular weight excluding hydrogens is 248 g/mol. The van der Waals surface area contributed by atoms with Crippen molar-refractivity contribution in [3.05, 3.63) is 40.9 Å². The van der Waals surface area contributed by atoms with Crippen LogP contribution in [-0.2, 0) is 0 Å². The van der Waals surface area contributed by atoms with E-state index in [2.05, 4.69) is 11.4 Å². The molecule has 0 fully saturated rings. The van der Waals surface area contributed by atoms with Crippen LogP contribution < -0.4 is 15.8 Å². The van der Waals surface area contributed by atoms with Gasteiger partial charge >= 0.3 is 0 Å². The van der Waals surface area contributed by atoms with E-state index in [9.17, 15) is 0 Å². The Balaban J connectivity index is 2.66. The minimum atomic E-state index is 0.124. The van der Waals surface area contributed by atoms with Crippen molar-refractivity contribution in [2.45, 2.75) is 19.4 Å². The third kappa shape index (κ3) is 4.33. The summed E-state index contributed by atoms with van der Waals surface area (Å²) in [5.41, 5.74) is 6.87. The van der Waals surface area contributed by atoms with Gasteiger partial charge in [0, 0.05) is 12.6 Å². The van der Waals surface area contributed by atoms with Gasteiger partial charge in [0.1, 0.15) is 5.75 Å². The molecular formula is C14H21ClN2O. The molecule has 18 heavy (non-hydrogen) atoms. The minimum absolute atomic E-state index is 0.124. The van der Waals surface area contributed by atoms with Crippen LogP contribution in [0.15, 0.2) is 30.4 Å². The first-order valence-electron chi connectivity index (χ1n) is 6.11. The number of halogens is 1. The van der Waals surface area contributed by atoms with E-state index in [1.807, 2.05) is 31.2 Å². The largest absolute Gasteiger partial charge is 0.495 e. The molecule has 0 radical (unpaired) electrons. The molecule has 1 rings (SSSR count). The number of ether oxygens (including phenoxy) is 1. The number of hydrogen-bond donors (Lipinski definition) is 2. The summed E-state index contributed by atoms with van der Waals surface area (Å²) in [5, 5.41) is 4.02. The summed E-state index contributed by atoms with van der Waals surface area (Å²) >= 11 is 6.11. The zero-order valence-corrected chi connectivity index (χ0v) is 11.7. The Hall–Kier alpha value is -1.03. The zero-order valence-electron chi connectivity index (χ0n) is 10.9. The number of allylic oxidation sites excluding steroid dienone is 1. The van der Waals surface area contributed by atoms with E-state index in [-0.39, 0.29) is 6.04 Å². The molecule has 0 saturated carbocycles. The molecule has 0 bridgehead atoms. The monoisotopic (exact) mass is 268 g/mol. The number of rotatable bonds is 7. The lowest BCUT2D eigenvalue weighted by atomic mass is 10.1. The summed E-state index contributed by atoms with van der Waals surface area (Å²) in [6.07, 6.45) is 5.17. The molecule has 3 nitrogen and oxygen atoms in total. The van der Waals surface area contributed by atoms with Crippen molar-refractivity contribution in [2.24, 2.45) is 5.73 Å². The summed E-state index contributed by atoms with van der Waals surface area (Å²) < 4.78 is 5.13. The van der Waals surface area contributed by atoms with E-state index in [0.717, 1.165) is 18.5 Å². The highest BCUT2D eigenvalue weighted by Crippen LogP contribution is 2.27. The average Bonchev–Trinajstić information content (AvgIpc) is 2.39. The van der Waals surface area contributed by atoms with E-state index in [0.29, 0.717) is 17.3 Å². The smallest absolute Gasteiger partial charge is 0.137 e. The lowest BCUT2D eigenvalue weighted by molar-refractivity contribution is 0.414. The van der Waals surface area contributed by atoms with Crippen LogP contribution >= 0.6 is 11.6 Å². The van der Waals surface area contributed by atoms with E-state index < -0.39 is 0 Å². The Morgan fingerprint density at radius 3 is 2.83 bits per heavy atom. The van der Waals surface area contributed by atoms with Crippen molar-refractivity contribution in [1.29, 1.82) is 0 Å². The second-order valence-corrected chi connectivity index (χ2v) is 4.40. The number of hydrogen-bond acceptors (Lipinski definition) is 3. The SMILES string of the molecule is C/C=C/CCNC(CN)c1ccc(OC)c(Cl)c1. The van der Waals surface area contributed by atoms with Crippen LogP contribution in [-0.4, -0.2) is 20.2 Å². The highest BCUT2D eigenvalue weighted by molar-refractivity contribution is 6.32. The maximum Gasteiger partial charge on any atom is 0.137 e. The predicted molar refractivity (Wildman–Crippen MR) is 77.2 cm³/mol. The Labute approximate surface area is 114 Å². The third-order valence-electron chi connectivity index (χ3n) is 2.75. The molecule has 4 heteroatoms. The molecule has 1 atom stereocenters. The first-order chi connectivity index (χ1) is 8.72. The summed E-state index contributed by atoms with van der Waals surface area (Å²) in [5.74, 6) is 0.685. The summed E-state index contributed by atoms with van der Waals surface area (Å²) in [6.45, 7) is 3.46. The summed E-state index contributed by atoms with van der Waals surface area (Å²) in [6, 6.07) is 5.89. The molecule has 0 spiro atoms. The topological polar surface area (TPSA) is 47.3 Å². The van der Waals surface area contributed by atoms with Crippen molar-refractivity contribution in [1.82, 2.24) is 5.32 Å².